The molecule has 2 aliphatic heterocycles. The second kappa shape index (κ2) is 7.42. The van der Waals surface area contributed by atoms with Gasteiger partial charge in [-0.3, -0.25) is 0 Å². The van der Waals surface area contributed by atoms with E-state index in [1.807, 2.05) is 20.8 Å². The van der Waals surface area contributed by atoms with E-state index in [-0.39, 0.29) is 6.10 Å². The standard InChI is InChI=1S/C28H36N6O/c1-18-11-32(12-18)17-27-14-28(15-27,16-27)22-5-7-23(8-6-22)33-10-9-24(13-33)35-25-19(2)29-26-30-21(4)31-34(26)20(25)3/h5-8,18,24H,9-17H2,1-4H3/t24-,27?,28?/m1/s1. The molecule has 8 rings (SSSR count). The number of nitrogens with zero attached hydrogens (tertiary/aromatic N) is 6. The summed E-state index contributed by atoms with van der Waals surface area (Å²) in [5, 5.41) is 4.47. The summed E-state index contributed by atoms with van der Waals surface area (Å²) in [5.74, 6) is 3.12. The average Bonchev–Trinajstić information content (AvgIpc) is 3.37. The first-order valence-electron chi connectivity index (χ1n) is 13.3. The molecule has 3 aliphatic carbocycles. The van der Waals surface area contributed by atoms with Gasteiger partial charge in [0, 0.05) is 38.3 Å². The fraction of sp³-hybridized carbons (Fsp3) is 0.607. The van der Waals surface area contributed by atoms with Crippen molar-refractivity contribution in [3.63, 3.8) is 0 Å². The number of benzene rings is 1. The normalized spacial score (nSPS) is 30.3. The summed E-state index contributed by atoms with van der Waals surface area (Å²) in [7, 11) is 0. The minimum Gasteiger partial charge on any atom is -0.485 e. The molecule has 5 fully saturated rings. The van der Waals surface area contributed by atoms with Crippen molar-refractivity contribution in [2.45, 2.75) is 64.9 Å². The van der Waals surface area contributed by atoms with Crippen LogP contribution in [0.1, 0.15) is 55.4 Å². The summed E-state index contributed by atoms with van der Waals surface area (Å²) in [4.78, 5) is 14.1. The zero-order valence-electron chi connectivity index (χ0n) is 21.4. The molecule has 0 spiro atoms. The van der Waals surface area contributed by atoms with E-state index in [0.29, 0.717) is 16.6 Å². The van der Waals surface area contributed by atoms with E-state index >= 15 is 0 Å². The third-order valence-electron chi connectivity index (χ3n) is 9.05. The van der Waals surface area contributed by atoms with Crippen molar-refractivity contribution in [1.29, 1.82) is 0 Å². The average molecular weight is 473 g/mol. The number of hydrogen-bond acceptors (Lipinski definition) is 6. The monoisotopic (exact) mass is 472 g/mol. The molecular formula is C28H36N6O. The molecule has 2 saturated heterocycles. The predicted molar refractivity (Wildman–Crippen MR) is 136 cm³/mol. The number of fused-ring (bicyclic) bond motifs is 1. The third kappa shape index (κ3) is 3.38. The van der Waals surface area contributed by atoms with Gasteiger partial charge in [-0.15, -0.1) is 5.10 Å². The van der Waals surface area contributed by atoms with Crippen molar-refractivity contribution in [2.75, 3.05) is 37.6 Å². The summed E-state index contributed by atoms with van der Waals surface area (Å²) in [6.07, 6.45) is 5.35. The lowest BCUT2D eigenvalue weighted by Gasteiger charge is -2.72. The molecule has 2 bridgehead atoms. The number of ether oxygens (including phenoxy) is 1. The van der Waals surface area contributed by atoms with Gasteiger partial charge in [0.05, 0.1) is 17.9 Å². The van der Waals surface area contributed by atoms with Crippen LogP contribution in [-0.2, 0) is 5.41 Å². The molecule has 3 aromatic rings. The molecule has 7 nitrogen and oxygen atoms in total. The zero-order chi connectivity index (χ0) is 23.9. The number of rotatable bonds is 6. The summed E-state index contributed by atoms with van der Waals surface area (Å²) in [5.41, 5.74) is 5.83. The predicted octanol–water partition coefficient (Wildman–Crippen LogP) is 4.08. The van der Waals surface area contributed by atoms with Gasteiger partial charge < -0.3 is 14.5 Å². The van der Waals surface area contributed by atoms with E-state index in [2.05, 4.69) is 56.1 Å². The molecular weight excluding hydrogens is 436 g/mol. The zero-order valence-corrected chi connectivity index (χ0v) is 21.4. The Morgan fingerprint density at radius 3 is 2.46 bits per heavy atom. The highest BCUT2D eigenvalue weighted by Crippen LogP contribution is 2.73. The molecule has 1 aromatic carbocycles. The van der Waals surface area contributed by atoms with E-state index < -0.39 is 0 Å². The molecule has 184 valence electrons. The van der Waals surface area contributed by atoms with Gasteiger partial charge in [-0.25, -0.2) is 4.98 Å². The van der Waals surface area contributed by atoms with E-state index in [0.717, 1.165) is 48.4 Å². The van der Waals surface area contributed by atoms with Crippen LogP contribution in [0.5, 0.6) is 5.75 Å². The molecule has 0 radical (unpaired) electrons. The second-order valence-electron chi connectivity index (χ2n) is 12.1. The first-order chi connectivity index (χ1) is 16.8. The van der Waals surface area contributed by atoms with Crippen LogP contribution in [0.4, 0.5) is 5.69 Å². The molecule has 5 aliphatic rings. The van der Waals surface area contributed by atoms with Crippen LogP contribution in [0.15, 0.2) is 24.3 Å². The molecule has 0 N–H and O–H groups in total. The smallest absolute Gasteiger partial charge is 0.253 e. The maximum atomic E-state index is 6.48. The molecule has 7 heteroatoms. The number of anilines is 1. The molecule has 2 aromatic heterocycles. The van der Waals surface area contributed by atoms with Gasteiger partial charge in [0.25, 0.3) is 5.78 Å². The Morgan fingerprint density at radius 2 is 1.74 bits per heavy atom. The highest BCUT2D eigenvalue weighted by molar-refractivity contribution is 5.52. The van der Waals surface area contributed by atoms with Gasteiger partial charge in [-0.1, -0.05) is 19.1 Å². The number of aromatic nitrogens is 4. The third-order valence-corrected chi connectivity index (χ3v) is 9.05. The number of aryl methyl sites for hydroxylation is 3. The fourth-order valence-electron chi connectivity index (χ4n) is 7.59. The Labute approximate surface area is 207 Å². The van der Waals surface area contributed by atoms with E-state index in [4.69, 9.17) is 4.74 Å². The summed E-state index contributed by atoms with van der Waals surface area (Å²) in [6, 6.07) is 9.48. The maximum absolute atomic E-state index is 6.48. The minimum absolute atomic E-state index is 0.151. The summed E-state index contributed by atoms with van der Waals surface area (Å²) < 4.78 is 8.28. The van der Waals surface area contributed by atoms with Gasteiger partial charge in [-0.05, 0) is 74.5 Å². The molecule has 0 unspecified atom stereocenters. The molecule has 1 atom stereocenters. The van der Waals surface area contributed by atoms with Crippen LogP contribution in [0, 0.1) is 32.1 Å². The second-order valence-corrected chi connectivity index (χ2v) is 12.1. The summed E-state index contributed by atoms with van der Waals surface area (Å²) >= 11 is 0. The van der Waals surface area contributed by atoms with Crippen LogP contribution in [0.25, 0.3) is 5.78 Å². The van der Waals surface area contributed by atoms with Crippen molar-refractivity contribution < 1.29 is 4.74 Å². The quantitative estimate of drug-likeness (QED) is 0.539. The van der Waals surface area contributed by atoms with E-state index in [1.165, 1.54) is 44.6 Å². The van der Waals surface area contributed by atoms with Crippen LogP contribution < -0.4 is 9.64 Å². The van der Waals surface area contributed by atoms with Crippen LogP contribution in [0.2, 0.25) is 0 Å². The van der Waals surface area contributed by atoms with Gasteiger partial charge >= 0.3 is 0 Å². The molecule has 0 amide bonds. The highest BCUT2D eigenvalue weighted by Gasteiger charge is 2.68. The first kappa shape index (κ1) is 21.6. The maximum Gasteiger partial charge on any atom is 0.253 e. The van der Waals surface area contributed by atoms with Crippen molar-refractivity contribution in [2.24, 2.45) is 11.3 Å². The van der Waals surface area contributed by atoms with E-state index in [9.17, 15) is 0 Å². The Bertz CT molecular complexity index is 1270. The van der Waals surface area contributed by atoms with Crippen LogP contribution >= 0.6 is 0 Å². The molecule has 3 saturated carbocycles. The topological polar surface area (TPSA) is 58.8 Å². The van der Waals surface area contributed by atoms with Gasteiger partial charge in [0.2, 0.25) is 0 Å². The van der Waals surface area contributed by atoms with Gasteiger partial charge in [-0.2, -0.15) is 9.50 Å². The number of likely N-dealkylation sites (tertiary alicyclic amines) is 1. The lowest BCUT2D eigenvalue weighted by atomic mass is 9.33. The Balaban J connectivity index is 0.985. The number of hydrogen-bond donors (Lipinski definition) is 0. The summed E-state index contributed by atoms with van der Waals surface area (Å²) in [6.45, 7) is 14.2. The van der Waals surface area contributed by atoms with Crippen molar-refractivity contribution in [3.05, 3.63) is 47.0 Å². The first-order valence-corrected chi connectivity index (χ1v) is 13.3. The van der Waals surface area contributed by atoms with Gasteiger partial charge in [0.1, 0.15) is 11.9 Å². The fourth-order valence-corrected chi connectivity index (χ4v) is 7.59. The molecule has 4 heterocycles. The van der Waals surface area contributed by atoms with Crippen LogP contribution in [-0.4, -0.2) is 63.3 Å². The SMILES string of the molecule is Cc1nc2nc(C)c(O[C@@H]3CCN(c4ccc(C56CC(CN7CC(C)C7)(C5)C6)cc4)C3)c(C)n2n1. The van der Waals surface area contributed by atoms with Crippen molar-refractivity contribution in [3.8, 4) is 5.75 Å². The van der Waals surface area contributed by atoms with Crippen molar-refractivity contribution in [1.82, 2.24) is 24.5 Å². The van der Waals surface area contributed by atoms with E-state index in [1.54, 1.807) is 10.1 Å². The van der Waals surface area contributed by atoms with Gasteiger partial charge in [0.15, 0.2) is 5.75 Å². The lowest BCUT2D eigenvalue weighted by molar-refractivity contribution is -0.165. The minimum atomic E-state index is 0.151. The Kier molecular flexibility index (Phi) is 4.58. The molecule has 35 heavy (non-hydrogen) atoms. The largest absolute Gasteiger partial charge is 0.485 e. The van der Waals surface area contributed by atoms with Crippen molar-refractivity contribution >= 4 is 11.5 Å². The lowest BCUT2D eigenvalue weighted by Crippen LogP contribution is -2.69. The Morgan fingerprint density at radius 1 is 1.00 bits per heavy atom. The van der Waals surface area contributed by atoms with Crippen LogP contribution in [0.3, 0.4) is 0 Å². The Hall–Kier alpha value is -2.67. The highest BCUT2D eigenvalue weighted by atomic mass is 16.5.